The highest BCUT2D eigenvalue weighted by atomic mass is 28.4. The lowest BCUT2D eigenvalue weighted by molar-refractivity contribution is 0.204. The van der Waals surface area contributed by atoms with Gasteiger partial charge in [-0.05, 0) is 70.5 Å². The number of nitrogens with one attached hydrogen (secondary N) is 1. The Morgan fingerprint density at radius 1 is 0.735 bits per heavy atom. The van der Waals surface area contributed by atoms with Gasteiger partial charge in [-0.3, -0.25) is 9.98 Å². The van der Waals surface area contributed by atoms with E-state index in [4.69, 9.17) is 14.4 Å². The van der Waals surface area contributed by atoms with Crippen LogP contribution in [0.4, 0.5) is 5.69 Å². The molecule has 0 unspecified atom stereocenters. The Balaban J connectivity index is 1.61. The second kappa shape index (κ2) is 14.8. The molecule has 0 amide bonds. The van der Waals surface area contributed by atoms with Crippen LogP contribution in [-0.2, 0) is 27.2 Å². The molecule has 266 valence electrons. The molecule has 4 rings (SSSR count). The number of phenolic OH excluding ortho intramolecular Hbond substituents is 2. The molecule has 0 aliphatic heterocycles. The van der Waals surface area contributed by atoms with Crippen molar-refractivity contribution in [2.75, 3.05) is 12.4 Å². The first-order valence-corrected chi connectivity index (χ1v) is 19.2. The predicted octanol–water partition coefficient (Wildman–Crippen LogP) is 7.23. The van der Waals surface area contributed by atoms with Crippen LogP contribution in [-0.4, -0.2) is 60.2 Å². The van der Waals surface area contributed by atoms with Crippen molar-refractivity contribution in [3.8, 4) is 11.5 Å². The van der Waals surface area contributed by atoms with E-state index in [2.05, 4.69) is 79.8 Å². The van der Waals surface area contributed by atoms with Crippen molar-refractivity contribution in [1.82, 2.24) is 0 Å². The van der Waals surface area contributed by atoms with E-state index in [1.165, 1.54) is 7.11 Å². The number of aliphatic imine (C=N–C) groups is 2. The van der Waals surface area contributed by atoms with Gasteiger partial charge in [0.05, 0.1) is 12.1 Å². The molecular formula is C40H57N3O5Si. The van der Waals surface area contributed by atoms with E-state index < -0.39 is 8.80 Å². The molecule has 0 heterocycles. The van der Waals surface area contributed by atoms with Crippen LogP contribution >= 0.6 is 0 Å². The third-order valence-corrected chi connectivity index (χ3v) is 11.0. The predicted molar refractivity (Wildman–Crippen MR) is 204 cm³/mol. The molecule has 8 nitrogen and oxygen atoms in total. The summed E-state index contributed by atoms with van der Waals surface area (Å²) in [6.07, 6.45) is 7.59. The molecule has 2 atom stereocenters. The van der Waals surface area contributed by atoms with Crippen molar-refractivity contribution < 1.29 is 24.2 Å². The average molecular weight is 688 g/mol. The molecule has 1 aliphatic rings. The molecular weight excluding hydrogens is 631 g/mol. The van der Waals surface area contributed by atoms with E-state index in [-0.39, 0.29) is 39.8 Å². The van der Waals surface area contributed by atoms with Crippen LogP contribution in [0.25, 0.3) is 0 Å². The zero-order chi connectivity index (χ0) is 36.4. The molecule has 49 heavy (non-hydrogen) atoms. The summed E-state index contributed by atoms with van der Waals surface area (Å²) in [4.78, 5) is 30.2. The molecule has 1 fully saturated rings. The van der Waals surface area contributed by atoms with Gasteiger partial charge in [0.2, 0.25) is 0 Å². The number of hydrogen-bond donors (Lipinski definition) is 5. The summed E-state index contributed by atoms with van der Waals surface area (Å²) in [5.74, 6) is 0.512. The summed E-state index contributed by atoms with van der Waals surface area (Å²) in [6, 6.07) is 15.0. The Hall–Kier alpha value is -3.50. The van der Waals surface area contributed by atoms with Crippen LogP contribution in [0.1, 0.15) is 121 Å². The van der Waals surface area contributed by atoms with Gasteiger partial charge in [-0.2, -0.15) is 0 Å². The third kappa shape index (κ3) is 9.60. The van der Waals surface area contributed by atoms with E-state index in [0.717, 1.165) is 59.2 Å². The first-order valence-electron chi connectivity index (χ1n) is 17.4. The Labute approximate surface area is 294 Å². The maximum Gasteiger partial charge on any atom is 0.531 e. The fraction of sp³-hybridized carbons (Fsp3) is 0.500. The lowest BCUT2D eigenvalue weighted by Crippen LogP contribution is -2.50. The maximum atomic E-state index is 11.4. The van der Waals surface area contributed by atoms with Gasteiger partial charge in [-0.25, -0.2) is 0 Å². The molecule has 9 heteroatoms. The van der Waals surface area contributed by atoms with Gasteiger partial charge >= 0.3 is 8.80 Å². The smallest absolute Gasteiger partial charge is 0.507 e. The normalized spacial score (nSPS) is 18.0. The third-order valence-electron chi connectivity index (χ3n) is 9.37. The second-order valence-corrected chi connectivity index (χ2v) is 18.7. The molecule has 5 N–H and O–H groups in total. The fourth-order valence-corrected chi connectivity index (χ4v) is 7.01. The zero-order valence-corrected chi connectivity index (χ0v) is 32.1. The van der Waals surface area contributed by atoms with Gasteiger partial charge in [0.25, 0.3) is 0 Å². The fourth-order valence-electron chi connectivity index (χ4n) is 6.17. The second-order valence-electron chi connectivity index (χ2n) is 16.5. The Morgan fingerprint density at radius 3 is 1.69 bits per heavy atom. The van der Waals surface area contributed by atoms with Crippen molar-refractivity contribution in [3.63, 3.8) is 0 Å². The topological polar surface area (TPSA) is 127 Å². The molecule has 0 spiro atoms. The molecule has 3 aromatic rings. The van der Waals surface area contributed by atoms with Gasteiger partial charge < -0.3 is 29.5 Å². The van der Waals surface area contributed by atoms with Crippen LogP contribution in [0.3, 0.4) is 0 Å². The highest BCUT2D eigenvalue weighted by Gasteiger charge is 2.33. The quantitative estimate of drug-likeness (QED) is 0.119. The van der Waals surface area contributed by atoms with Gasteiger partial charge in [-0.15, -0.1) is 0 Å². The van der Waals surface area contributed by atoms with Crippen molar-refractivity contribution >= 4 is 32.1 Å². The average Bonchev–Trinajstić information content (AvgIpc) is 3.02. The van der Waals surface area contributed by atoms with E-state index >= 15 is 0 Å². The van der Waals surface area contributed by atoms with Gasteiger partial charge in [0.1, 0.15) is 11.5 Å². The minimum Gasteiger partial charge on any atom is -0.507 e. The number of aromatic hydroxyl groups is 2. The first-order chi connectivity index (χ1) is 22.7. The summed E-state index contributed by atoms with van der Waals surface area (Å²) in [5, 5.41) is 26.5. The van der Waals surface area contributed by atoms with Crippen molar-refractivity contribution in [3.05, 3.63) is 81.9 Å². The summed E-state index contributed by atoms with van der Waals surface area (Å²) in [7, 11) is -2.58. The minimum atomic E-state index is -3.87. The maximum absolute atomic E-state index is 11.4. The Morgan fingerprint density at radius 2 is 1.22 bits per heavy atom. The minimum absolute atomic E-state index is 0.0319. The first kappa shape index (κ1) is 38.3. The van der Waals surface area contributed by atoms with E-state index in [1.807, 2.05) is 18.3 Å². The lowest BCUT2D eigenvalue weighted by Gasteiger charge is -2.28. The van der Waals surface area contributed by atoms with Crippen LogP contribution in [0, 0.1) is 0 Å². The molecule has 1 saturated carbocycles. The molecule has 0 aromatic heterocycles. The summed E-state index contributed by atoms with van der Waals surface area (Å²) in [6.45, 7) is 19.6. The number of hydrogen-bond acceptors (Lipinski definition) is 8. The van der Waals surface area contributed by atoms with E-state index in [0.29, 0.717) is 17.3 Å². The van der Waals surface area contributed by atoms with Crippen LogP contribution < -0.4 is 10.5 Å². The summed E-state index contributed by atoms with van der Waals surface area (Å²) >= 11 is 0. The largest absolute Gasteiger partial charge is 0.531 e. The summed E-state index contributed by atoms with van der Waals surface area (Å²) < 4.78 is 4.88. The van der Waals surface area contributed by atoms with Gasteiger partial charge in [0, 0.05) is 59.2 Å². The van der Waals surface area contributed by atoms with Crippen LogP contribution in [0.15, 0.2) is 58.5 Å². The number of rotatable bonds is 9. The van der Waals surface area contributed by atoms with Crippen molar-refractivity contribution in [1.29, 1.82) is 0 Å². The number of anilines is 1. The van der Waals surface area contributed by atoms with E-state index in [9.17, 15) is 19.8 Å². The summed E-state index contributed by atoms with van der Waals surface area (Å²) in [5.41, 5.74) is 5.53. The highest BCUT2D eigenvalue weighted by Crippen LogP contribution is 2.38. The van der Waals surface area contributed by atoms with E-state index in [1.54, 1.807) is 30.5 Å². The molecule has 0 bridgehead atoms. The monoisotopic (exact) mass is 687 g/mol. The van der Waals surface area contributed by atoms with Crippen LogP contribution in [0.2, 0.25) is 0 Å². The Kier molecular flexibility index (Phi) is 11.5. The molecule has 0 radical (unpaired) electrons. The van der Waals surface area contributed by atoms with Gasteiger partial charge in [0.15, 0.2) is 0 Å². The van der Waals surface area contributed by atoms with Crippen LogP contribution in [0.5, 0.6) is 11.5 Å². The van der Waals surface area contributed by atoms with Gasteiger partial charge in [-0.1, -0.05) is 93.4 Å². The number of nitrogens with zero attached hydrogens (tertiary/aromatic N) is 2. The molecule has 1 aliphatic carbocycles. The molecule has 0 saturated heterocycles. The number of phenols is 2. The standard InChI is InChI=1S/C40H57N3O5Si/c1-38(2,3)29-21-28(37(45)33(22-29)40(7,8)9)25-43-35-14-12-11-13-34(35)42-24-27-19-26(20-32(36(27)44)39(4,5)6)23-41-30-15-17-31(18-16-30)49(46,47)48-10/h15-22,24-25,34-35,41,44-47H,11-14,23H2,1-10H3/t34-,35-/m0/s1. The van der Waals surface area contributed by atoms with Crippen molar-refractivity contribution in [2.45, 2.75) is 123 Å². The molecule has 3 aromatic carbocycles. The SMILES string of the molecule is CO[Si](O)(O)c1ccc(NCc2cc(C=N[C@H]3CCCC[C@@H]3N=Cc3cc(C(C)(C)C)cc(C(C)(C)C)c3O)c(O)c(C(C)(C)C)c2)cc1. The lowest BCUT2D eigenvalue weighted by atomic mass is 9.79. The zero-order valence-electron chi connectivity index (χ0n) is 31.1. The Bertz CT molecular complexity index is 1660. The highest BCUT2D eigenvalue weighted by molar-refractivity contribution is 6.72. The number of benzene rings is 3. The van der Waals surface area contributed by atoms with Crippen molar-refractivity contribution in [2.24, 2.45) is 9.98 Å².